The number of nitrogens with zero attached hydrogens (tertiary/aromatic N) is 1. The van der Waals surface area contributed by atoms with E-state index in [4.69, 9.17) is 4.74 Å². The number of ether oxygens (including phenoxy) is 1. The molecule has 1 amide bonds. The van der Waals surface area contributed by atoms with E-state index in [-0.39, 0.29) is 11.3 Å². The summed E-state index contributed by atoms with van der Waals surface area (Å²) >= 11 is 0. The first-order chi connectivity index (χ1) is 8.69. The Balaban J connectivity index is 1.52. The van der Waals surface area contributed by atoms with E-state index in [2.05, 4.69) is 0 Å². The Morgan fingerprint density at radius 2 is 1.78 bits per heavy atom. The summed E-state index contributed by atoms with van der Waals surface area (Å²) in [6.45, 7) is 3.15. The predicted octanol–water partition coefficient (Wildman–Crippen LogP) is 1.38. The highest BCUT2D eigenvalue weighted by molar-refractivity contribution is 5.86. The van der Waals surface area contributed by atoms with E-state index in [0.717, 1.165) is 64.8 Å². The molecule has 1 saturated carbocycles. The summed E-state index contributed by atoms with van der Waals surface area (Å²) in [5.74, 6) is 0.897. The van der Waals surface area contributed by atoms with E-state index in [1.54, 1.807) is 0 Å². The molecule has 1 aliphatic carbocycles. The SMILES string of the molecule is O=C1CC2(CCN(C(=O)C3CCOCC3)CC2)C1. The molecule has 0 atom stereocenters. The van der Waals surface area contributed by atoms with Gasteiger partial charge >= 0.3 is 0 Å². The summed E-state index contributed by atoms with van der Waals surface area (Å²) in [5.41, 5.74) is 0.267. The van der Waals surface area contributed by atoms with E-state index in [0.29, 0.717) is 11.7 Å². The van der Waals surface area contributed by atoms with Gasteiger partial charge in [-0.1, -0.05) is 0 Å². The first-order valence-corrected chi connectivity index (χ1v) is 7.07. The highest BCUT2D eigenvalue weighted by Gasteiger charge is 2.46. The Hall–Kier alpha value is -0.900. The highest BCUT2D eigenvalue weighted by Crippen LogP contribution is 2.46. The van der Waals surface area contributed by atoms with Crippen molar-refractivity contribution in [3.63, 3.8) is 0 Å². The molecule has 0 radical (unpaired) electrons. The zero-order chi connectivity index (χ0) is 12.6. The maximum atomic E-state index is 12.3. The number of carbonyl (C=O) groups is 2. The molecule has 0 aromatic heterocycles. The molecule has 2 heterocycles. The largest absolute Gasteiger partial charge is 0.381 e. The zero-order valence-electron chi connectivity index (χ0n) is 10.8. The monoisotopic (exact) mass is 251 g/mol. The van der Waals surface area contributed by atoms with Crippen molar-refractivity contribution in [3.05, 3.63) is 0 Å². The molecule has 3 aliphatic rings. The predicted molar refractivity (Wildman–Crippen MR) is 66.0 cm³/mol. The fourth-order valence-corrected chi connectivity index (χ4v) is 3.54. The number of hydrogen-bond acceptors (Lipinski definition) is 3. The molecule has 4 heteroatoms. The molecule has 3 fully saturated rings. The van der Waals surface area contributed by atoms with E-state index < -0.39 is 0 Å². The Morgan fingerprint density at radius 3 is 2.33 bits per heavy atom. The number of amides is 1. The van der Waals surface area contributed by atoms with E-state index in [9.17, 15) is 9.59 Å². The molecule has 3 rings (SSSR count). The number of likely N-dealkylation sites (tertiary alicyclic amines) is 1. The lowest BCUT2D eigenvalue weighted by Gasteiger charge is -2.47. The molecule has 0 bridgehead atoms. The Labute approximate surface area is 108 Å². The fourth-order valence-electron chi connectivity index (χ4n) is 3.54. The molecular weight excluding hydrogens is 230 g/mol. The summed E-state index contributed by atoms with van der Waals surface area (Å²) in [5, 5.41) is 0. The van der Waals surface area contributed by atoms with Crippen LogP contribution in [0.15, 0.2) is 0 Å². The topological polar surface area (TPSA) is 46.6 Å². The van der Waals surface area contributed by atoms with Crippen LogP contribution in [0.4, 0.5) is 0 Å². The third-order valence-corrected chi connectivity index (χ3v) is 4.85. The summed E-state index contributed by atoms with van der Waals surface area (Å²) in [4.78, 5) is 25.5. The summed E-state index contributed by atoms with van der Waals surface area (Å²) in [7, 11) is 0. The lowest BCUT2D eigenvalue weighted by Crippen LogP contribution is -2.50. The average Bonchev–Trinajstić information content (AvgIpc) is 2.38. The number of Topliss-reactive ketones (excluding diaryl/α,β-unsaturated/α-hetero) is 1. The molecular formula is C14H21NO3. The summed E-state index contributed by atoms with van der Waals surface area (Å²) in [6, 6.07) is 0. The normalized spacial score (nSPS) is 28.2. The van der Waals surface area contributed by atoms with Gasteiger partial charge in [0.1, 0.15) is 5.78 Å². The summed E-state index contributed by atoms with van der Waals surface area (Å²) < 4.78 is 5.30. The molecule has 4 nitrogen and oxygen atoms in total. The van der Waals surface area contributed by atoms with Crippen LogP contribution in [-0.4, -0.2) is 42.9 Å². The Kier molecular flexibility index (Phi) is 3.14. The van der Waals surface area contributed by atoms with Crippen molar-refractivity contribution in [2.75, 3.05) is 26.3 Å². The minimum Gasteiger partial charge on any atom is -0.381 e. The maximum Gasteiger partial charge on any atom is 0.225 e. The van der Waals surface area contributed by atoms with Gasteiger partial charge in [-0.15, -0.1) is 0 Å². The molecule has 2 aliphatic heterocycles. The van der Waals surface area contributed by atoms with Gasteiger partial charge < -0.3 is 9.64 Å². The molecule has 0 aromatic carbocycles. The van der Waals surface area contributed by atoms with Gasteiger partial charge in [-0.25, -0.2) is 0 Å². The van der Waals surface area contributed by atoms with Gasteiger partial charge in [0.25, 0.3) is 0 Å². The second kappa shape index (κ2) is 4.65. The smallest absolute Gasteiger partial charge is 0.225 e. The molecule has 18 heavy (non-hydrogen) atoms. The number of ketones is 1. The van der Waals surface area contributed by atoms with Gasteiger partial charge in [-0.2, -0.15) is 0 Å². The Morgan fingerprint density at radius 1 is 1.17 bits per heavy atom. The number of carbonyl (C=O) groups excluding carboxylic acids is 2. The van der Waals surface area contributed by atoms with Crippen LogP contribution in [0.3, 0.4) is 0 Å². The standard InChI is InChI=1S/C14H21NO3/c16-12-9-14(10-12)3-5-15(6-4-14)13(17)11-1-7-18-8-2-11/h11H,1-10H2. The second-order valence-electron chi connectivity index (χ2n) is 6.10. The Bertz CT molecular complexity index is 342. The first kappa shape index (κ1) is 12.2. The molecule has 0 unspecified atom stereocenters. The van der Waals surface area contributed by atoms with Crippen molar-refractivity contribution in [2.24, 2.45) is 11.3 Å². The quantitative estimate of drug-likeness (QED) is 0.707. The highest BCUT2D eigenvalue weighted by atomic mass is 16.5. The van der Waals surface area contributed by atoms with Gasteiger partial charge in [-0.05, 0) is 31.1 Å². The number of piperidine rings is 1. The minimum atomic E-state index is 0.177. The average molecular weight is 251 g/mol. The zero-order valence-corrected chi connectivity index (χ0v) is 10.8. The molecule has 0 aromatic rings. The second-order valence-corrected chi connectivity index (χ2v) is 6.10. The van der Waals surface area contributed by atoms with Crippen LogP contribution in [0.5, 0.6) is 0 Å². The lowest BCUT2D eigenvalue weighted by molar-refractivity contribution is -0.145. The number of rotatable bonds is 1. The van der Waals surface area contributed by atoms with Crippen LogP contribution in [-0.2, 0) is 14.3 Å². The molecule has 0 N–H and O–H groups in total. The third kappa shape index (κ3) is 2.18. The molecule has 1 spiro atoms. The van der Waals surface area contributed by atoms with Gasteiger partial charge in [0.15, 0.2) is 0 Å². The van der Waals surface area contributed by atoms with Crippen molar-refractivity contribution in [3.8, 4) is 0 Å². The van der Waals surface area contributed by atoms with Crippen LogP contribution in [0.25, 0.3) is 0 Å². The van der Waals surface area contributed by atoms with Crippen LogP contribution in [0.2, 0.25) is 0 Å². The van der Waals surface area contributed by atoms with Crippen LogP contribution < -0.4 is 0 Å². The third-order valence-electron chi connectivity index (χ3n) is 4.85. The van der Waals surface area contributed by atoms with Gasteiger partial charge in [0.2, 0.25) is 5.91 Å². The minimum absolute atomic E-state index is 0.177. The van der Waals surface area contributed by atoms with E-state index in [1.165, 1.54) is 0 Å². The van der Waals surface area contributed by atoms with E-state index >= 15 is 0 Å². The van der Waals surface area contributed by atoms with Crippen LogP contribution >= 0.6 is 0 Å². The van der Waals surface area contributed by atoms with Gasteiger partial charge in [0.05, 0.1) is 0 Å². The van der Waals surface area contributed by atoms with Crippen LogP contribution in [0, 0.1) is 11.3 Å². The van der Waals surface area contributed by atoms with E-state index in [1.807, 2.05) is 4.90 Å². The van der Waals surface area contributed by atoms with Crippen LogP contribution in [0.1, 0.15) is 38.5 Å². The van der Waals surface area contributed by atoms with Gasteiger partial charge in [-0.3, -0.25) is 9.59 Å². The van der Waals surface area contributed by atoms with Crippen molar-refractivity contribution in [1.29, 1.82) is 0 Å². The lowest BCUT2D eigenvalue weighted by atomic mass is 9.62. The maximum absolute atomic E-state index is 12.3. The van der Waals surface area contributed by atoms with Crippen molar-refractivity contribution in [1.82, 2.24) is 4.90 Å². The van der Waals surface area contributed by atoms with Crippen molar-refractivity contribution in [2.45, 2.75) is 38.5 Å². The summed E-state index contributed by atoms with van der Waals surface area (Å²) in [6.07, 6.45) is 5.30. The van der Waals surface area contributed by atoms with Crippen molar-refractivity contribution >= 4 is 11.7 Å². The molecule has 2 saturated heterocycles. The first-order valence-electron chi connectivity index (χ1n) is 7.07. The molecule has 100 valence electrons. The van der Waals surface area contributed by atoms with Gasteiger partial charge in [0, 0.05) is 45.1 Å². The number of hydrogen-bond donors (Lipinski definition) is 0. The van der Waals surface area contributed by atoms with Crippen molar-refractivity contribution < 1.29 is 14.3 Å². The fraction of sp³-hybridized carbons (Fsp3) is 0.857.